The quantitative estimate of drug-likeness (QED) is 0.357. The van der Waals surface area contributed by atoms with Gasteiger partial charge in [0.15, 0.2) is 0 Å². The second-order valence-corrected chi connectivity index (χ2v) is 12.7. The third kappa shape index (κ3) is 5.79. The number of nitrogens with one attached hydrogen (secondary N) is 1. The van der Waals surface area contributed by atoms with Gasteiger partial charge in [-0.15, -0.1) is 0 Å². The lowest BCUT2D eigenvalue weighted by atomic mass is 9.95. The third-order valence-electron chi connectivity index (χ3n) is 9.90. The Balaban J connectivity index is 0.986. The largest absolute Gasteiger partial charge is 0.336 e. The Labute approximate surface area is 252 Å². The average molecular weight is 585 g/mol. The van der Waals surface area contributed by atoms with E-state index in [1.165, 1.54) is 30.7 Å². The molecular formula is C34H41FN6O2. The van der Waals surface area contributed by atoms with Gasteiger partial charge < -0.3 is 14.8 Å². The molecule has 1 N–H and O–H groups in total. The first-order valence-corrected chi connectivity index (χ1v) is 15.9. The fraction of sp³-hybridized carbons (Fsp3) is 0.500. The molecule has 2 saturated heterocycles. The first-order valence-electron chi connectivity index (χ1n) is 15.9. The van der Waals surface area contributed by atoms with Gasteiger partial charge in [-0.2, -0.15) is 0 Å². The highest BCUT2D eigenvalue weighted by Gasteiger charge is 2.43. The average Bonchev–Trinajstić information content (AvgIpc) is 3.77. The maximum Gasteiger partial charge on any atom is 0.326 e. The van der Waals surface area contributed by atoms with Crippen LogP contribution in [0.2, 0.25) is 0 Å². The third-order valence-corrected chi connectivity index (χ3v) is 9.90. The van der Waals surface area contributed by atoms with Gasteiger partial charge >= 0.3 is 6.03 Å². The Morgan fingerprint density at radius 2 is 1.70 bits per heavy atom. The molecule has 2 bridgehead atoms. The first-order chi connectivity index (χ1) is 20.9. The molecule has 7 rings (SSSR count). The SMILES string of the molecule is Cc1nc2c(n1C1C[C@H]3CC[C@H](C1)N3CCCN(C(=O)Nc1ccc(F)cc1)c1ccccc1)CCN(C(=O)C1CC1)C2. The van der Waals surface area contributed by atoms with Crippen LogP contribution in [0.5, 0.6) is 0 Å². The van der Waals surface area contributed by atoms with Gasteiger partial charge in [0.1, 0.15) is 11.6 Å². The number of piperidine rings is 1. The Kier molecular flexibility index (Phi) is 7.67. The minimum absolute atomic E-state index is 0.211. The number of rotatable bonds is 8. The van der Waals surface area contributed by atoms with Crippen LogP contribution in [0.15, 0.2) is 54.6 Å². The van der Waals surface area contributed by atoms with Crippen LogP contribution in [0, 0.1) is 18.7 Å². The molecule has 1 aliphatic carbocycles. The summed E-state index contributed by atoms with van der Waals surface area (Å²) in [6.45, 7) is 5.16. The number of aryl methyl sites for hydroxylation is 1. The van der Waals surface area contributed by atoms with E-state index in [-0.39, 0.29) is 17.8 Å². The van der Waals surface area contributed by atoms with E-state index in [0.29, 0.717) is 42.8 Å². The van der Waals surface area contributed by atoms with E-state index >= 15 is 0 Å². The Bertz CT molecular complexity index is 1460. The molecule has 1 saturated carbocycles. The lowest BCUT2D eigenvalue weighted by molar-refractivity contribution is -0.133. The van der Waals surface area contributed by atoms with E-state index in [2.05, 4.69) is 21.7 Å². The molecule has 4 aliphatic rings. The van der Waals surface area contributed by atoms with Gasteiger partial charge in [-0.3, -0.25) is 14.6 Å². The highest BCUT2D eigenvalue weighted by Crippen LogP contribution is 2.43. The summed E-state index contributed by atoms with van der Waals surface area (Å²) in [5, 5.41) is 2.93. The first kappa shape index (κ1) is 28.1. The smallest absolute Gasteiger partial charge is 0.326 e. The number of nitrogens with zero attached hydrogens (tertiary/aromatic N) is 5. The number of carbonyl (C=O) groups is 2. The number of hydrogen-bond donors (Lipinski definition) is 1. The van der Waals surface area contributed by atoms with Crippen LogP contribution >= 0.6 is 0 Å². The number of fused-ring (bicyclic) bond motifs is 3. The summed E-state index contributed by atoms with van der Waals surface area (Å²) in [4.78, 5) is 37.5. The minimum Gasteiger partial charge on any atom is -0.336 e. The monoisotopic (exact) mass is 584 g/mol. The number of halogens is 1. The van der Waals surface area contributed by atoms with Gasteiger partial charge in [-0.25, -0.2) is 14.2 Å². The van der Waals surface area contributed by atoms with Crippen molar-refractivity contribution >= 4 is 23.3 Å². The summed E-state index contributed by atoms with van der Waals surface area (Å²) in [7, 11) is 0. The zero-order chi connectivity index (χ0) is 29.5. The number of anilines is 2. The van der Waals surface area contributed by atoms with E-state index in [9.17, 15) is 14.0 Å². The van der Waals surface area contributed by atoms with Crippen molar-refractivity contribution in [2.45, 2.75) is 83.0 Å². The summed E-state index contributed by atoms with van der Waals surface area (Å²) in [6.07, 6.45) is 8.54. The number of amides is 3. The van der Waals surface area contributed by atoms with Crippen LogP contribution in [0.3, 0.4) is 0 Å². The van der Waals surface area contributed by atoms with E-state index < -0.39 is 0 Å². The summed E-state index contributed by atoms with van der Waals surface area (Å²) in [5.41, 5.74) is 3.88. The van der Waals surface area contributed by atoms with Crippen molar-refractivity contribution in [2.75, 3.05) is 29.9 Å². The Morgan fingerprint density at radius 3 is 2.40 bits per heavy atom. The van der Waals surface area contributed by atoms with E-state index in [4.69, 9.17) is 4.98 Å². The predicted octanol–water partition coefficient (Wildman–Crippen LogP) is 5.92. The maximum absolute atomic E-state index is 13.4. The molecule has 3 aromatic rings. The topological polar surface area (TPSA) is 73.7 Å². The summed E-state index contributed by atoms with van der Waals surface area (Å²) in [6, 6.07) is 16.9. The fourth-order valence-electron chi connectivity index (χ4n) is 7.71. The van der Waals surface area contributed by atoms with Crippen LogP contribution in [0.4, 0.5) is 20.6 Å². The molecule has 9 heteroatoms. The molecule has 3 aliphatic heterocycles. The number of benzene rings is 2. The molecule has 0 radical (unpaired) electrons. The van der Waals surface area contributed by atoms with Crippen LogP contribution < -0.4 is 10.2 Å². The Hall–Kier alpha value is -3.72. The molecule has 1 aromatic heterocycles. The summed E-state index contributed by atoms with van der Waals surface area (Å²) < 4.78 is 15.9. The molecule has 0 spiro atoms. The van der Waals surface area contributed by atoms with Crippen molar-refractivity contribution in [3.63, 3.8) is 0 Å². The zero-order valence-electron chi connectivity index (χ0n) is 24.9. The van der Waals surface area contributed by atoms with Crippen molar-refractivity contribution in [3.05, 3.63) is 77.6 Å². The lowest BCUT2D eigenvalue weighted by Gasteiger charge is -2.41. The van der Waals surface area contributed by atoms with Gasteiger partial charge in [-0.1, -0.05) is 18.2 Å². The van der Waals surface area contributed by atoms with Crippen molar-refractivity contribution < 1.29 is 14.0 Å². The lowest BCUT2D eigenvalue weighted by Crippen LogP contribution is -2.45. The number of imidazole rings is 1. The molecule has 4 heterocycles. The van der Waals surface area contributed by atoms with E-state index in [1.807, 2.05) is 35.2 Å². The van der Waals surface area contributed by atoms with Crippen LogP contribution in [-0.4, -0.2) is 63.0 Å². The fourth-order valence-corrected chi connectivity index (χ4v) is 7.71. The molecule has 8 nitrogen and oxygen atoms in total. The van der Waals surface area contributed by atoms with Crippen molar-refractivity contribution in [3.8, 4) is 0 Å². The van der Waals surface area contributed by atoms with Crippen LogP contribution in [0.1, 0.15) is 68.2 Å². The molecule has 43 heavy (non-hydrogen) atoms. The minimum atomic E-state index is -0.327. The van der Waals surface area contributed by atoms with Crippen LogP contribution in [-0.2, 0) is 17.8 Å². The zero-order valence-corrected chi connectivity index (χ0v) is 24.9. The summed E-state index contributed by atoms with van der Waals surface area (Å²) >= 11 is 0. The van der Waals surface area contributed by atoms with E-state index in [1.54, 1.807) is 17.0 Å². The molecule has 3 amide bonds. The van der Waals surface area contributed by atoms with Crippen molar-refractivity contribution in [2.24, 2.45) is 5.92 Å². The van der Waals surface area contributed by atoms with Gasteiger partial charge in [0, 0.05) is 67.2 Å². The standard InChI is InChI=1S/C34H41FN6O2/c1-23-36-31-22-38(33(42)24-8-9-24)19-16-32(31)41(23)30-20-28-14-15-29(21-30)39(28)17-5-18-40(27-6-3-2-4-7-27)34(43)37-26-12-10-25(35)11-13-26/h2-4,6-7,10-13,24,28-30H,5,8-9,14-22H2,1H3,(H,37,43)/t28-,29-/m1/s1. The molecule has 2 aromatic carbocycles. The summed E-state index contributed by atoms with van der Waals surface area (Å²) in [5.74, 6) is 1.34. The number of para-hydroxylation sites is 1. The molecule has 226 valence electrons. The Morgan fingerprint density at radius 1 is 0.977 bits per heavy atom. The number of carbonyl (C=O) groups excluding carboxylic acids is 2. The van der Waals surface area contributed by atoms with Gasteiger partial charge in [0.05, 0.1) is 12.2 Å². The molecule has 0 unspecified atom stereocenters. The van der Waals surface area contributed by atoms with Crippen molar-refractivity contribution in [1.29, 1.82) is 0 Å². The molecule has 2 atom stereocenters. The number of urea groups is 1. The highest BCUT2D eigenvalue weighted by atomic mass is 19.1. The van der Waals surface area contributed by atoms with Crippen LogP contribution in [0.25, 0.3) is 0 Å². The molecular weight excluding hydrogens is 543 g/mol. The van der Waals surface area contributed by atoms with Crippen molar-refractivity contribution in [1.82, 2.24) is 19.4 Å². The van der Waals surface area contributed by atoms with E-state index in [0.717, 1.165) is 68.8 Å². The normalized spacial score (nSPS) is 23.2. The van der Waals surface area contributed by atoms with Gasteiger partial charge in [0.2, 0.25) is 5.91 Å². The van der Waals surface area contributed by atoms with Gasteiger partial charge in [-0.05, 0) is 88.3 Å². The van der Waals surface area contributed by atoms with Gasteiger partial charge in [0.25, 0.3) is 0 Å². The number of hydrogen-bond acceptors (Lipinski definition) is 4. The predicted molar refractivity (Wildman–Crippen MR) is 164 cm³/mol. The second kappa shape index (κ2) is 11.8. The maximum atomic E-state index is 13.4. The molecule has 3 fully saturated rings. The number of aromatic nitrogens is 2. The highest BCUT2D eigenvalue weighted by molar-refractivity contribution is 6.01. The second-order valence-electron chi connectivity index (χ2n) is 12.7.